The van der Waals surface area contributed by atoms with Crippen molar-refractivity contribution in [1.82, 2.24) is 15.1 Å². The van der Waals surface area contributed by atoms with Crippen molar-refractivity contribution in [3.05, 3.63) is 45.9 Å². The zero-order valence-electron chi connectivity index (χ0n) is 10.6. The van der Waals surface area contributed by atoms with Crippen molar-refractivity contribution in [1.29, 1.82) is 0 Å². The molecule has 2 heterocycles. The third-order valence-electron chi connectivity index (χ3n) is 2.66. The monoisotopic (exact) mass is 290 g/mol. The smallest absolute Gasteiger partial charge is 0.260 e. The molecule has 0 saturated carbocycles. The molecule has 5 nitrogen and oxygen atoms in total. The number of anilines is 1. The van der Waals surface area contributed by atoms with E-state index >= 15 is 0 Å². The highest BCUT2D eigenvalue weighted by molar-refractivity contribution is 7.09. The molecule has 0 saturated heterocycles. The number of nitrogens with zero attached hydrogens (tertiary/aromatic N) is 3. The van der Waals surface area contributed by atoms with Gasteiger partial charge in [0.2, 0.25) is 0 Å². The van der Waals surface area contributed by atoms with E-state index in [0.29, 0.717) is 17.9 Å². The number of aryl methyl sites for hydroxylation is 1. The molecule has 0 atom stereocenters. The fourth-order valence-electron chi connectivity index (χ4n) is 1.76. The average Bonchev–Trinajstić information content (AvgIpc) is 3.02. The third-order valence-corrected chi connectivity index (χ3v) is 3.63. The minimum atomic E-state index is -0.445. The predicted octanol–water partition coefficient (Wildman–Crippen LogP) is 2.81. The Morgan fingerprint density at radius 3 is 2.95 bits per heavy atom. The Kier molecular flexibility index (Phi) is 3.19. The lowest BCUT2D eigenvalue weighted by molar-refractivity contribution is 0.421. The number of thiazole rings is 1. The van der Waals surface area contributed by atoms with Crippen LogP contribution in [0.15, 0.2) is 28.1 Å². The van der Waals surface area contributed by atoms with Crippen LogP contribution in [0.4, 0.5) is 10.1 Å². The Morgan fingerprint density at radius 1 is 1.35 bits per heavy atom. The first-order valence-corrected chi connectivity index (χ1v) is 6.79. The van der Waals surface area contributed by atoms with Gasteiger partial charge in [-0.15, -0.1) is 11.3 Å². The molecule has 102 valence electrons. The van der Waals surface area contributed by atoms with Crippen LogP contribution < -0.4 is 5.73 Å². The SMILES string of the molecule is Cc1csc(Cc2noc(-c3cc(N)ccc3F)n2)n1. The maximum atomic E-state index is 13.7. The molecule has 0 unspecified atom stereocenters. The fourth-order valence-corrected chi connectivity index (χ4v) is 2.53. The van der Waals surface area contributed by atoms with Crippen LogP contribution in [0.3, 0.4) is 0 Å². The van der Waals surface area contributed by atoms with Crippen LogP contribution in [0.2, 0.25) is 0 Å². The molecule has 2 N–H and O–H groups in total. The molecular formula is C13H11FN4OS. The molecule has 0 amide bonds. The maximum Gasteiger partial charge on any atom is 0.260 e. The van der Waals surface area contributed by atoms with Crippen LogP contribution in [-0.4, -0.2) is 15.1 Å². The lowest BCUT2D eigenvalue weighted by atomic mass is 10.2. The van der Waals surface area contributed by atoms with Crippen LogP contribution in [0.5, 0.6) is 0 Å². The van der Waals surface area contributed by atoms with E-state index in [4.69, 9.17) is 10.3 Å². The highest BCUT2D eigenvalue weighted by Crippen LogP contribution is 2.24. The number of benzene rings is 1. The van der Waals surface area contributed by atoms with Gasteiger partial charge < -0.3 is 10.3 Å². The van der Waals surface area contributed by atoms with Gasteiger partial charge in [-0.1, -0.05) is 5.16 Å². The summed E-state index contributed by atoms with van der Waals surface area (Å²) in [4.78, 5) is 8.50. The summed E-state index contributed by atoms with van der Waals surface area (Å²) in [5, 5.41) is 6.68. The first kappa shape index (κ1) is 12.7. The normalized spacial score (nSPS) is 10.9. The minimum absolute atomic E-state index is 0.123. The van der Waals surface area contributed by atoms with Gasteiger partial charge in [-0.2, -0.15) is 4.98 Å². The molecule has 3 aromatic rings. The Morgan fingerprint density at radius 2 is 2.20 bits per heavy atom. The Labute approximate surface area is 118 Å². The Balaban J connectivity index is 1.88. The van der Waals surface area contributed by atoms with Crippen molar-refractivity contribution >= 4 is 17.0 Å². The summed E-state index contributed by atoms with van der Waals surface area (Å²) < 4.78 is 18.8. The van der Waals surface area contributed by atoms with Crippen molar-refractivity contribution in [2.75, 3.05) is 5.73 Å². The van der Waals surface area contributed by atoms with E-state index in [1.54, 1.807) is 0 Å². The van der Waals surface area contributed by atoms with Crippen molar-refractivity contribution in [3.8, 4) is 11.5 Å². The number of aromatic nitrogens is 3. The summed E-state index contributed by atoms with van der Waals surface area (Å²) in [5.74, 6) is 0.147. The van der Waals surface area contributed by atoms with E-state index in [2.05, 4.69) is 15.1 Å². The number of rotatable bonds is 3. The quantitative estimate of drug-likeness (QED) is 0.750. The summed E-state index contributed by atoms with van der Waals surface area (Å²) in [7, 11) is 0. The standard InChI is InChI=1S/C13H11FN4OS/c1-7-6-20-12(16-7)5-11-17-13(19-18-11)9-4-8(15)2-3-10(9)14/h2-4,6H,5,15H2,1H3. The predicted molar refractivity (Wildman–Crippen MR) is 73.8 cm³/mol. The third kappa shape index (κ3) is 2.53. The molecule has 0 bridgehead atoms. The van der Waals surface area contributed by atoms with Gasteiger partial charge in [0.05, 0.1) is 12.0 Å². The van der Waals surface area contributed by atoms with Gasteiger partial charge in [0.25, 0.3) is 5.89 Å². The van der Waals surface area contributed by atoms with Crippen molar-refractivity contribution in [2.45, 2.75) is 13.3 Å². The summed E-state index contributed by atoms with van der Waals surface area (Å²) in [6.45, 7) is 1.92. The molecule has 0 spiro atoms. The van der Waals surface area contributed by atoms with Gasteiger partial charge in [0.15, 0.2) is 5.82 Å². The molecule has 0 fully saturated rings. The van der Waals surface area contributed by atoms with E-state index in [-0.39, 0.29) is 11.5 Å². The molecule has 1 aromatic carbocycles. The van der Waals surface area contributed by atoms with Gasteiger partial charge in [-0.05, 0) is 25.1 Å². The van der Waals surface area contributed by atoms with Crippen molar-refractivity contribution in [2.24, 2.45) is 0 Å². The number of hydrogen-bond donors (Lipinski definition) is 1. The number of nitrogens with two attached hydrogens (primary N) is 1. The second-order valence-electron chi connectivity index (χ2n) is 4.31. The maximum absolute atomic E-state index is 13.7. The summed E-state index contributed by atoms with van der Waals surface area (Å²) in [6.07, 6.45) is 0.464. The largest absolute Gasteiger partial charge is 0.399 e. The first-order chi connectivity index (χ1) is 9.61. The Hall–Kier alpha value is -2.28. The molecule has 3 rings (SSSR count). The number of nitrogen functional groups attached to an aromatic ring is 1. The van der Waals surface area contributed by atoms with Gasteiger partial charge in [0.1, 0.15) is 10.8 Å². The van der Waals surface area contributed by atoms with E-state index in [1.165, 1.54) is 29.5 Å². The van der Waals surface area contributed by atoms with Gasteiger partial charge in [0, 0.05) is 16.8 Å². The highest BCUT2D eigenvalue weighted by atomic mass is 32.1. The van der Waals surface area contributed by atoms with E-state index in [1.807, 2.05) is 12.3 Å². The molecule has 0 radical (unpaired) electrons. The molecule has 0 aliphatic heterocycles. The van der Waals surface area contributed by atoms with Crippen LogP contribution >= 0.6 is 11.3 Å². The lowest BCUT2D eigenvalue weighted by Crippen LogP contribution is -1.92. The van der Waals surface area contributed by atoms with Crippen LogP contribution in [0, 0.1) is 12.7 Å². The lowest BCUT2D eigenvalue weighted by Gasteiger charge is -1.98. The van der Waals surface area contributed by atoms with Crippen LogP contribution in [0.25, 0.3) is 11.5 Å². The molecule has 0 aliphatic rings. The fraction of sp³-hybridized carbons (Fsp3) is 0.154. The summed E-state index contributed by atoms with van der Waals surface area (Å²) in [6, 6.07) is 4.23. The van der Waals surface area contributed by atoms with E-state index in [0.717, 1.165) is 10.7 Å². The second-order valence-corrected chi connectivity index (χ2v) is 5.26. The zero-order chi connectivity index (χ0) is 14.1. The topological polar surface area (TPSA) is 77.8 Å². The van der Waals surface area contributed by atoms with E-state index in [9.17, 15) is 4.39 Å². The van der Waals surface area contributed by atoms with Crippen LogP contribution in [0.1, 0.15) is 16.5 Å². The second kappa shape index (κ2) is 5.01. The molecule has 0 aliphatic carbocycles. The summed E-state index contributed by atoms with van der Waals surface area (Å²) >= 11 is 1.53. The minimum Gasteiger partial charge on any atom is -0.399 e. The van der Waals surface area contributed by atoms with Gasteiger partial charge in [-0.3, -0.25) is 0 Å². The Bertz CT molecular complexity index is 752. The molecule has 20 heavy (non-hydrogen) atoms. The van der Waals surface area contributed by atoms with E-state index < -0.39 is 5.82 Å². The van der Waals surface area contributed by atoms with Gasteiger partial charge >= 0.3 is 0 Å². The van der Waals surface area contributed by atoms with Crippen molar-refractivity contribution < 1.29 is 8.91 Å². The average molecular weight is 290 g/mol. The molecular weight excluding hydrogens is 279 g/mol. The number of halogens is 1. The molecule has 2 aromatic heterocycles. The zero-order valence-corrected chi connectivity index (χ0v) is 11.4. The van der Waals surface area contributed by atoms with Crippen LogP contribution in [-0.2, 0) is 6.42 Å². The first-order valence-electron chi connectivity index (χ1n) is 5.91. The number of hydrogen-bond acceptors (Lipinski definition) is 6. The highest BCUT2D eigenvalue weighted by Gasteiger charge is 2.14. The molecule has 7 heteroatoms. The van der Waals surface area contributed by atoms with Gasteiger partial charge in [-0.25, -0.2) is 9.37 Å². The van der Waals surface area contributed by atoms with Crippen molar-refractivity contribution in [3.63, 3.8) is 0 Å². The summed E-state index contributed by atoms with van der Waals surface area (Å²) in [5.41, 5.74) is 7.24.